The first kappa shape index (κ1) is 24.4. The molecule has 0 fully saturated rings. The third-order valence-corrected chi connectivity index (χ3v) is 2.96. The normalized spacial score (nSPS) is 11.7. The molecule has 0 unspecified atom stereocenters. The highest BCUT2D eigenvalue weighted by molar-refractivity contribution is 6.06. The van der Waals surface area contributed by atoms with Crippen LogP contribution in [0.25, 0.3) is 0 Å². The number of nitrogens with zero attached hydrogens (tertiary/aromatic N) is 2. The van der Waals surface area contributed by atoms with E-state index in [9.17, 15) is 19.6 Å². The second kappa shape index (κ2) is 9.73. The van der Waals surface area contributed by atoms with Crippen molar-refractivity contribution >= 4 is 29.8 Å². The molecule has 0 bridgehead atoms. The number of anilines is 1. The van der Waals surface area contributed by atoms with Crippen molar-refractivity contribution < 1.29 is 28.6 Å². The Morgan fingerprint density at radius 2 is 1.60 bits per heavy atom. The SMILES string of the molecule is COC(=O)c1cc(C#N)cc(N/C(=N/C(=O)OC(C)(C)C)NC(=O)OC(C)(C)C)c1. The number of nitriles is 1. The van der Waals surface area contributed by atoms with Crippen molar-refractivity contribution in [2.24, 2.45) is 4.99 Å². The minimum Gasteiger partial charge on any atom is -0.465 e. The maximum Gasteiger partial charge on any atom is 0.437 e. The van der Waals surface area contributed by atoms with E-state index < -0.39 is 29.4 Å². The number of rotatable bonds is 2. The highest BCUT2D eigenvalue weighted by Gasteiger charge is 2.21. The summed E-state index contributed by atoms with van der Waals surface area (Å²) in [6, 6.07) is 6.01. The van der Waals surface area contributed by atoms with Crippen LogP contribution in [0.4, 0.5) is 15.3 Å². The number of amides is 2. The van der Waals surface area contributed by atoms with Crippen LogP contribution in [-0.4, -0.2) is 42.4 Å². The quantitative estimate of drug-likeness (QED) is 0.321. The van der Waals surface area contributed by atoms with Gasteiger partial charge in [0.15, 0.2) is 0 Å². The summed E-state index contributed by atoms with van der Waals surface area (Å²) in [7, 11) is 1.20. The molecule has 0 aromatic heterocycles. The van der Waals surface area contributed by atoms with Crippen molar-refractivity contribution in [1.82, 2.24) is 5.32 Å². The average Bonchev–Trinajstić information content (AvgIpc) is 2.56. The van der Waals surface area contributed by atoms with Crippen LogP contribution in [0.1, 0.15) is 57.5 Å². The predicted molar refractivity (Wildman–Crippen MR) is 109 cm³/mol. The zero-order valence-electron chi connectivity index (χ0n) is 18.1. The number of esters is 1. The minimum atomic E-state index is -0.967. The van der Waals surface area contributed by atoms with Crippen molar-refractivity contribution in [2.45, 2.75) is 52.7 Å². The summed E-state index contributed by atoms with van der Waals surface area (Å²) in [6.07, 6.45) is -1.84. The summed E-state index contributed by atoms with van der Waals surface area (Å²) >= 11 is 0. The first-order chi connectivity index (χ1) is 13.7. The first-order valence-corrected chi connectivity index (χ1v) is 8.94. The lowest BCUT2D eigenvalue weighted by Crippen LogP contribution is -2.40. The molecule has 162 valence electrons. The molecular weight excluding hydrogens is 392 g/mol. The van der Waals surface area contributed by atoms with Gasteiger partial charge in [0.05, 0.1) is 24.3 Å². The molecule has 30 heavy (non-hydrogen) atoms. The van der Waals surface area contributed by atoms with Gasteiger partial charge >= 0.3 is 18.2 Å². The number of guanidine groups is 1. The fraction of sp³-hybridized carbons (Fsp3) is 0.450. The van der Waals surface area contributed by atoms with Crippen LogP contribution >= 0.6 is 0 Å². The third kappa shape index (κ3) is 9.05. The van der Waals surface area contributed by atoms with Gasteiger partial charge < -0.3 is 19.5 Å². The summed E-state index contributed by atoms with van der Waals surface area (Å²) in [5, 5.41) is 14.2. The van der Waals surface area contributed by atoms with E-state index in [0.29, 0.717) is 0 Å². The van der Waals surface area contributed by atoms with Crippen LogP contribution in [0.15, 0.2) is 23.2 Å². The Labute approximate surface area is 175 Å². The maximum absolute atomic E-state index is 12.1. The molecule has 0 heterocycles. The lowest BCUT2D eigenvalue weighted by molar-refractivity contribution is 0.0559. The molecule has 0 aliphatic rings. The molecule has 10 heteroatoms. The Morgan fingerprint density at radius 3 is 2.10 bits per heavy atom. The molecule has 0 spiro atoms. The zero-order valence-corrected chi connectivity index (χ0v) is 18.1. The molecule has 0 saturated carbocycles. The summed E-state index contributed by atoms with van der Waals surface area (Å²) in [6.45, 7) is 9.99. The number of carbonyl (C=O) groups is 3. The smallest absolute Gasteiger partial charge is 0.437 e. The number of benzene rings is 1. The van der Waals surface area contributed by atoms with Gasteiger partial charge in [-0.25, -0.2) is 14.4 Å². The minimum absolute atomic E-state index is 0.0907. The van der Waals surface area contributed by atoms with E-state index in [0.717, 1.165) is 0 Å². The number of hydrogen-bond donors (Lipinski definition) is 2. The fourth-order valence-electron chi connectivity index (χ4n) is 2.00. The van der Waals surface area contributed by atoms with E-state index in [1.54, 1.807) is 41.5 Å². The second-order valence-electron chi connectivity index (χ2n) is 8.10. The molecular formula is C20H26N4O6. The molecule has 2 N–H and O–H groups in total. The highest BCUT2D eigenvalue weighted by atomic mass is 16.6. The predicted octanol–water partition coefficient (Wildman–Crippen LogP) is 3.57. The van der Waals surface area contributed by atoms with Crippen molar-refractivity contribution in [3.05, 3.63) is 29.3 Å². The van der Waals surface area contributed by atoms with Gasteiger partial charge in [0, 0.05) is 5.69 Å². The Kier molecular flexibility index (Phi) is 7.93. The fourth-order valence-corrected chi connectivity index (χ4v) is 2.00. The van der Waals surface area contributed by atoms with Gasteiger partial charge in [-0.05, 0) is 59.7 Å². The largest absolute Gasteiger partial charge is 0.465 e. The topological polar surface area (TPSA) is 139 Å². The van der Waals surface area contributed by atoms with Crippen molar-refractivity contribution in [3.8, 4) is 6.07 Å². The van der Waals surface area contributed by atoms with Crippen LogP contribution in [-0.2, 0) is 14.2 Å². The Balaban J connectivity index is 3.25. The lowest BCUT2D eigenvalue weighted by atomic mass is 10.1. The molecule has 0 saturated heterocycles. The number of methoxy groups -OCH3 is 1. The molecule has 0 aliphatic carbocycles. The van der Waals surface area contributed by atoms with Crippen LogP contribution in [0.5, 0.6) is 0 Å². The highest BCUT2D eigenvalue weighted by Crippen LogP contribution is 2.16. The number of aliphatic imine (C=N–C) groups is 1. The number of ether oxygens (including phenoxy) is 3. The Bertz CT molecular complexity index is 888. The van der Waals surface area contributed by atoms with Gasteiger partial charge in [-0.3, -0.25) is 5.32 Å². The van der Waals surface area contributed by atoms with E-state index in [1.165, 1.54) is 25.3 Å². The molecule has 10 nitrogen and oxygen atoms in total. The summed E-state index contributed by atoms with van der Waals surface area (Å²) in [5.41, 5.74) is -1.16. The zero-order chi connectivity index (χ0) is 23.1. The third-order valence-electron chi connectivity index (χ3n) is 2.96. The van der Waals surface area contributed by atoms with E-state index in [2.05, 4.69) is 20.4 Å². The number of alkyl carbamates (subject to hydrolysis) is 1. The van der Waals surface area contributed by atoms with Crippen molar-refractivity contribution in [3.63, 3.8) is 0 Å². The molecule has 0 atom stereocenters. The molecule has 1 aromatic rings. The summed E-state index contributed by atoms with van der Waals surface area (Å²) < 4.78 is 15.0. The van der Waals surface area contributed by atoms with Gasteiger partial charge in [-0.2, -0.15) is 5.26 Å². The van der Waals surface area contributed by atoms with Gasteiger partial charge in [0.2, 0.25) is 5.96 Å². The Hall–Kier alpha value is -3.61. The van der Waals surface area contributed by atoms with Gasteiger partial charge in [-0.1, -0.05) is 0 Å². The van der Waals surface area contributed by atoms with Crippen LogP contribution in [0.2, 0.25) is 0 Å². The van der Waals surface area contributed by atoms with E-state index in [1.807, 2.05) is 6.07 Å². The van der Waals surface area contributed by atoms with Crippen LogP contribution in [0, 0.1) is 11.3 Å². The van der Waals surface area contributed by atoms with Gasteiger partial charge in [0.25, 0.3) is 0 Å². The molecule has 2 amide bonds. The van der Waals surface area contributed by atoms with Gasteiger partial charge in [-0.15, -0.1) is 4.99 Å². The van der Waals surface area contributed by atoms with Crippen molar-refractivity contribution in [2.75, 3.05) is 12.4 Å². The maximum atomic E-state index is 12.1. The number of carbonyl (C=O) groups excluding carboxylic acids is 3. The average molecular weight is 418 g/mol. The second-order valence-corrected chi connectivity index (χ2v) is 8.10. The lowest BCUT2D eigenvalue weighted by Gasteiger charge is -2.21. The van der Waals surface area contributed by atoms with E-state index in [-0.39, 0.29) is 22.8 Å². The first-order valence-electron chi connectivity index (χ1n) is 8.94. The molecule has 1 aromatic carbocycles. The van der Waals surface area contributed by atoms with E-state index >= 15 is 0 Å². The van der Waals surface area contributed by atoms with Gasteiger partial charge in [0.1, 0.15) is 11.2 Å². The monoisotopic (exact) mass is 418 g/mol. The molecule has 0 aliphatic heterocycles. The summed E-state index contributed by atoms with van der Waals surface area (Å²) in [5.74, 6) is -0.981. The Morgan fingerprint density at radius 1 is 1.00 bits per heavy atom. The van der Waals surface area contributed by atoms with Crippen LogP contribution in [0.3, 0.4) is 0 Å². The van der Waals surface area contributed by atoms with Crippen molar-refractivity contribution in [1.29, 1.82) is 5.26 Å². The van der Waals surface area contributed by atoms with E-state index in [4.69, 9.17) is 9.47 Å². The number of hydrogen-bond acceptors (Lipinski definition) is 7. The number of nitrogens with one attached hydrogen (secondary N) is 2. The standard InChI is InChI=1S/C20H26N4O6/c1-19(2,3)29-17(26)23-16(24-18(27)30-20(4,5)6)22-14-9-12(11-21)8-13(10-14)15(25)28-7/h8-10H,1-7H3,(H2,22,23,24,26,27). The summed E-state index contributed by atoms with van der Waals surface area (Å²) in [4.78, 5) is 39.8. The van der Waals surface area contributed by atoms with Crippen LogP contribution < -0.4 is 10.6 Å². The molecule has 1 rings (SSSR count). The molecule has 0 radical (unpaired) electrons.